The van der Waals surface area contributed by atoms with E-state index < -0.39 is 0 Å². The van der Waals surface area contributed by atoms with Crippen molar-refractivity contribution in [2.45, 2.75) is 32.2 Å². The summed E-state index contributed by atoms with van der Waals surface area (Å²) in [6.07, 6.45) is 2.48. The number of nitrogens with two attached hydrogens (primary N) is 1. The number of ketones is 1. The van der Waals surface area contributed by atoms with Crippen molar-refractivity contribution in [1.29, 1.82) is 0 Å². The van der Waals surface area contributed by atoms with E-state index in [-0.39, 0.29) is 17.7 Å². The third kappa shape index (κ3) is 2.84. The van der Waals surface area contributed by atoms with E-state index in [9.17, 15) is 9.59 Å². The highest BCUT2D eigenvalue weighted by atomic mass is 16.2. The molecule has 1 atom stereocenters. The Balaban J connectivity index is 2.13. The minimum atomic E-state index is 0.0171. The van der Waals surface area contributed by atoms with E-state index in [1.807, 2.05) is 11.8 Å². The molecule has 1 aromatic rings. The first-order chi connectivity index (χ1) is 9.17. The lowest BCUT2D eigenvalue weighted by molar-refractivity contribution is 0.0740. The van der Waals surface area contributed by atoms with E-state index in [2.05, 4.69) is 0 Å². The van der Waals surface area contributed by atoms with Gasteiger partial charge in [-0.25, -0.2) is 0 Å². The molecule has 1 heterocycles. The highest BCUT2D eigenvalue weighted by Gasteiger charge is 2.28. The fraction of sp³-hybridized carbons (Fsp3) is 0.467. The Morgan fingerprint density at radius 2 is 1.89 bits per heavy atom. The maximum atomic E-state index is 12.4. The number of carbonyl (C=O) groups excluding carboxylic acids is 2. The van der Waals surface area contributed by atoms with E-state index in [0.29, 0.717) is 24.1 Å². The number of carbonyl (C=O) groups is 2. The zero-order valence-corrected chi connectivity index (χ0v) is 11.3. The Bertz CT molecular complexity index is 468. The van der Waals surface area contributed by atoms with E-state index in [1.54, 1.807) is 24.3 Å². The predicted molar refractivity (Wildman–Crippen MR) is 74.2 cm³/mol. The molecule has 1 aliphatic rings. The Morgan fingerprint density at radius 3 is 2.47 bits per heavy atom. The molecule has 19 heavy (non-hydrogen) atoms. The normalized spacial score (nSPS) is 18.6. The van der Waals surface area contributed by atoms with Crippen LogP contribution in [-0.2, 0) is 0 Å². The van der Waals surface area contributed by atoms with E-state index in [0.717, 1.165) is 19.4 Å². The van der Waals surface area contributed by atoms with Gasteiger partial charge in [0.15, 0.2) is 5.78 Å². The lowest BCUT2D eigenvalue weighted by Crippen LogP contribution is -2.39. The van der Waals surface area contributed by atoms with Crippen molar-refractivity contribution in [2.75, 3.05) is 13.1 Å². The number of benzene rings is 1. The van der Waals surface area contributed by atoms with Crippen LogP contribution in [0.25, 0.3) is 0 Å². The van der Waals surface area contributed by atoms with Crippen LogP contribution in [0.15, 0.2) is 24.3 Å². The van der Waals surface area contributed by atoms with Gasteiger partial charge in [-0.15, -0.1) is 0 Å². The molecule has 2 N–H and O–H groups in total. The van der Waals surface area contributed by atoms with Gasteiger partial charge in [-0.2, -0.15) is 0 Å². The molecular weight excluding hydrogens is 240 g/mol. The van der Waals surface area contributed by atoms with Crippen LogP contribution in [-0.4, -0.2) is 35.7 Å². The molecule has 0 bridgehead atoms. The predicted octanol–water partition coefficient (Wildman–Crippen LogP) is 1.84. The van der Waals surface area contributed by atoms with Crippen LogP contribution >= 0.6 is 0 Å². The minimum Gasteiger partial charge on any atom is -0.334 e. The number of likely N-dealkylation sites (tertiary alicyclic amines) is 1. The van der Waals surface area contributed by atoms with Crippen molar-refractivity contribution in [1.82, 2.24) is 4.90 Å². The van der Waals surface area contributed by atoms with Crippen molar-refractivity contribution in [3.05, 3.63) is 35.4 Å². The molecular formula is C15H20N2O2. The average Bonchev–Trinajstić information content (AvgIpc) is 2.94. The summed E-state index contributed by atoms with van der Waals surface area (Å²) >= 11 is 0. The van der Waals surface area contributed by atoms with E-state index in [4.69, 9.17) is 5.73 Å². The molecule has 0 aromatic heterocycles. The topological polar surface area (TPSA) is 63.4 Å². The van der Waals surface area contributed by atoms with Gasteiger partial charge >= 0.3 is 0 Å². The van der Waals surface area contributed by atoms with Crippen molar-refractivity contribution in [3.8, 4) is 0 Å². The highest BCUT2D eigenvalue weighted by Crippen LogP contribution is 2.19. The SMILES string of the molecule is CCC(=O)c1ccc(C(=O)N2CCCC2CN)cc1. The van der Waals surface area contributed by atoms with Gasteiger partial charge in [-0.1, -0.05) is 19.1 Å². The molecule has 0 aliphatic carbocycles. The molecule has 1 aromatic carbocycles. The molecule has 4 heteroatoms. The van der Waals surface area contributed by atoms with Crippen LogP contribution in [0, 0.1) is 0 Å². The van der Waals surface area contributed by atoms with E-state index in [1.165, 1.54) is 0 Å². The van der Waals surface area contributed by atoms with Gasteiger partial charge in [0.05, 0.1) is 0 Å². The number of hydrogen-bond acceptors (Lipinski definition) is 3. The summed E-state index contributed by atoms with van der Waals surface area (Å²) in [7, 11) is 0. The van der Waals surface area contributed by atoms with Crippen LogP contribution < -0.4 is 5.73 Å². The lowest BCUT2D eigenvalue weighted by atomic mass is 10.1. The summed E-state index contributed by atoms with van der Waals surface area (Å²) in [4.78, 5) is 25.7. The summed E-state index contributed by atoms with van der Waals surface area (Å²) in [5.74, 6) is 0.114. The Hall–Kier alpha value is -1.68. The second-order valence-corrected chi connectivity index (χ2v) is 4.88. The molecule has 1 aliphatic heterocycles. The first-order valence-corrected chi connectivity index (χ1v) is 6.81. The molecule has 4 nitrogen and oxygen atoms in total. The largest absolute Gasteiger partial charge is 0.334 e. The Labute approximate surface area is 113 Å². The average molecular weight is 260 g/mol. The second kappa shape index (κ2) is 5.97. The number of nitrogens with zero attached hydrogens (tertiary/aromatic N) is 1. The summed E-state index contributed by atoms with van der Waals surface area (Å²) in [6.45, 7) is 3.12. The molecule has 1 amide bonds. The Morgan fingerprint density at radius 1 is 1.26 bits per heavy atom. The van der Waals surface area contributed by atoms with Crippen molar-refractivity contribution >= 4 is 11.7 Å². The molecule has 1 unspecified atom stereocenters. The summed E-state index contributed by atoms with van der Waals surface area (Å²) < 4.78 is 0. The second-order valence-electron chi connectivity index (χ2n) is 4.88. The molecule has 0 spiro atoms. The van der Waals surface area contributed by atoms with Gasteiger partial charge in [-0.05, 0) is 25.0 Å². The number of amides is 1. The molecule has 0 saturated carbocycles. The van der Waals surface area contributed by atoms with Gasteiger partial charge in [0.25, 0.3) is 5.91 Å². The maximum Gasteiger partial charge on any atom is 0.254 e. The van der Waals surface area contributed by atoms with Gasteiger partial charge < -0.3 is 10.6 Å². The summed E-state index contributed by atoms with van der Waals surface area (Å²) in [5.41, 5.74) is 6.98. The first-order valence-electron chi connectivity index (χ1n) is 6.81. The van der Waals surface area contributed by atoms with Gasteiger partial charge in [0, 0.05) is 36.7 Å². The fourth-order valence-corrected chi connectivity index (χ4v) is 2.52. The third-order valence-corrected chi connectivity index (χ3v) is 3.69. The maximum absolute atomic E-state index is 12.4. The van der Waals surface area contributed by atoms with Gasteiger partial charge in [0.2, 0.25) is 0 Å². The first kappa shape index (κ1) is 13.7. The number of rotatable bonds is 4. The number of Topliss-reactive ketones (excluding diaryl/α,β-unsaturated/α-hetero) is 1. The highest BCUT2D eigenvalue weighted by molar-refractivity contribution is 5.98. The van der Waals surface area contributed by atoms with Crippen LogP contribution in [0.3, 0.4) is 0 Å². The van der Waals surface area contributed by atoms with Crippen molar-refractivity contribution < 1.29 is 9.59 Å². The van der Waals surface area contributed by atoms with Crippen LogP contribution in [0.5, 0.6) is 0 Å². The van der Waals surface area contributed by atoms with Gasteiger partial charge in [-0.3, -0.25) is 9.59 Å². The van der Waals surface area contributed by atoms with Crippen molar-refractivity contribution in [2.24, 2.45) is 5.73 Å². The smallest absolute Gasteiger partial charge is 0.254 e. The molecule has 1 fully saturated rings. The standard InChI is InChI=1S/C15H20N2O2/c1-2-14(18)11-5-7-12(8-6-11)15(19)17-9-3-4-13(17)10-16/h5-8,13H,2-4,9-10,16H2,1H3. The van der Waals surface area contributed by atoms with Crippen LogP contribution in [0.2, 0.25) is 0 Å². The quantitative estimate of drug-likeness (QED) is 0.840. The number of hydrogen-bond donors (Lipinski definition) is 1. The monoisotopic (exact) mass is 260 g/mol. The summed E-state index contributed by atoms with van der Waals surface area (Å²) in [5, 5.41) is 0. The minimum absolute atomic E-state index is 0.0171. The van der Waals surface area contributed by atoms with Crippen molar-refractivity contribution in [3.63, 3.8) is 0 Å². The van der Waals surface area contributed by atoms with Crippen LogP contribution in [0.4, 0.5) is 0 Å². The molecule has 2 rings (SSSR count). The molecule has 1 saturated heterocycles. The molecule has 102 valence electrons. The fourth-order valence-electron chi connectivity index (χ4n) is 2.52. The zero-order valence-electron chi connectivity index (χ0n) is 11.3. The van der Waals surface area contributed by atoms with Gasteiger partial charge in [0.1, 0.15) is 0 Å². The van der Waals surface area contributed by atoms with E-state index >= 15 is 0 Å². The molecule has 0 radical (unpaired) electrons. The summed E-state index contributed by atoms with van der Waals surface area (Å²) in [6, 6.07) is 7.08. The van der Waals surface area contributed by atoms with Crippen LogP contribution in [0.1, 0.15) is 46.9 Å². The lowest BCUT2D eigenvalue weighted by Gasteiger charge is -2.23. The zero-order chi connectivity index (χ0) is 13.8. The third-order valence-electron chi connectivity index (χ3n) is 3.69. The Kier molecular flexibility index (Phi) is 4.32.